The van der Waals surface area contributed by atoms with E-state index in [0.29, 0.717) is 22.0 Å². The second-order valence-electron chi connectivity index (χ2n) is 6.12. The Balaban J connectivity index is 1.82. The lowest BCUT2D eigenvalue weighted by Gasteiger charge is -2.19. The van der Waals surface area contributed by atoms with Gasteiger partial charge in [0.05, 0.1) is 22.4 Å². The second-order valence-corrected chi connectivity index (χ2v) is 6.55. The van der Waals surface area contributed by atoms with Crippen molar-refractivity contribution in [2.75, 3.05) is 5.32 Å². The van der Waals surface area contributed by atoms with Crippen molar-refractivity contribution in [2.24, 2.45) is 0 Å². The number of nitrogens with one attached hydrogen (secondary N) is 1. The molecule has 5 heteroatoms. The maximum atomic E-state index is 12.7. The maximum absolute atomic E-state index is 12.7. The molecule has 0 amide bonds. The van der Waals surface area contributed by atoms with Gasteiger partial charge < -0.3 is 5.32 Å². The summed E-state index contributed by atoms with van der Waals surface area (Å²) in [5.41, 5.74) is 4.38. The molecule has 0 atom stereocenters. The number of fused-ring (bicyclic) bond motifs is 2. The SMILES string of the molecule is O=C1C=C(Nc2ccccc2)c2nc3cc(Cl)ccc3c3nccc1c23. The molecule has 1 aliphatic carbocycles. The highest BCUT2D eigenvalue weighted by atomic mass is 35.5. The molecule has 4 aromatic rings. The van der Waals surface area contributed by atoms with Gasteiger partial charge in [0.1, 0.15) is 0 Å². The summed E-state index contributed by atoms with van der Waals surface area (Å²) in [6.07, 6.45) is 3.25. The number of nitrogens with zero attached hydrogens (tertiary/aromatic N) is 2. The zero-order chi connectivity index (χ0) is 17.7. The number of anilines is 1. The molecule has 2 aromatic heterocycles. The Labute approximate surface area is 154 Å². The molecule has 0 saturated carbocycles. The third-order valence-electron chi connectivity index (χ3n) is 4.48. The van der Waals surface area contributed by atoms with E-state index < -0.39 is 0 Å². The zero-order valence-electron chi connectivity index (χ0n) is 13.5. The van der Waals surface area contributed by atoms with Gasteiger partial charge in [-0.2, -0.15) is 0 Å². The van der Waals surface area contributed by atoms with Gasteiger partial charge in [0, 0.05) is 39.3 Å². The van der Waals surface area contributed by atoms with Crippen molar-refractivity contribution in [3.05, 3.63) is 83.2 Å². The number of carbonyl (C=O) groups is 1. The van der Waals surface area contributed by atoms with Gasteiger partial charge in [0.25, 0.3) is 0 Å². The number of benzene rings is 2. The highest BCUT2D eigenvalue weighted by Gasteiger charge is 2.24. The minimum absolute atomic E-state index is 0.0570. The Bertz CT molecular complexity index is 1230. The lowest BCUT2D eigenvalue weighted by molar-refractivity contribution is 0.104. The van der Waals surface area contributed by atoms with Crippen LogP contribution in [0.2, 0.25) is 5.02 Å². The van der Waals surface area contributed by atoms with Gasteiger partial charge in [-0.3, -0.25) is 9.78 Å². The summed E-state index contributed by atoms with van der Waals surface area (Å²) in [5.74, 6) is -0.0570. The van der Waals surface area contributed by atoms with Gasteiger partial charge in [-0.15, -0.1) is 0 Å². The molecule has 26 heavy (non-hydrogen) atoms. The molecule has 0 fully saturated rings. The predicted octanol–water partition coefficient (Wildman–Crippen LogP) is 5.09. The summed E-state index contributed by atoms with van der Waals surface area (Å²) in [4.78, 5) is 22.0. The van der Waals surface area contributed by atoms with Crippen molar-refractivity contribution in [2.45, 2.75) is 0 Å². The van der Waals surface area contributed by atoms with Crippen molar-refractivity contribution in [3.8, 4) is 0 Å². The highest BCUT2D eigenvalue weighted by Crippen LogP contribution is 2.35. The molecule has 4 nitrogen and oxygen atoms in total. The molecule has 1 N–H and O–H groups in total. The van der Waals surface area contributed by atoms with Gasteiger partial charge in [-0.1, -0.05) is 29.8 Å². The van der Waals surface area contributed by atoms with Crippen LogP contribution in [-0.4, -0.2) is 15.8 Å². The Kier molecular flexibility index (Phi) is 3.27. The minimum Gasteiger partial charge on any atom is -0.354 e. The molecule has 2 aromatic carbocycles. The first-order chi connectivity index (χ1) is 12.7. The number of rotatable bonds is 2. The number of hydrogen-bond acceptors (Lipinski definition) is 4. The third-order valence-corrected chi connectivity index (χ3v) is 4.72. The first-order valence-corrected chi connectivity index (χ1v) is 8.55. The molecule has 0 radical (unpaired) electrons. The molecule has 1 aliphatic rings. The van der Waals surface area contributed by atoms with E-state index in [2.05, 4.69) is 10.3 Å². The standard InChI is InChI=1S/C21H12ClN3O/c22-12-6-7-14-16(10-12)25-21-17(24-13-4-2-1-3-5-13)11-18(26)15-8-9-23-20(14)19(15)21/h1-11,24H. The summed E-state index contributed by atoms with van der Waals surface area (Å²) in [6, 6.07) is 17.0. The Morgan fingerprint density at radius 3 is 2.69 bits per heavy atom. The Morgan fingerprint density at radius 2 is 1.85 bits per heavy atom. The minimum atomic E-state index is -0.0570. The summed E-state index contributed by atoms with van der Waals surface area (Å²) in [6.45, 7) is 0. The van der Waals surface area contributed by atoms with E-state index in [1.54, 1.807) is 18.3 Å². The van der Waals surface area contributed by atoms with E-state index in [1.165, 1.54) is 0 Å². The van der Waals surface area contributed by atoms with Crippen molar-refractivity contribution < 1.29 is 4.79 Å². The van der Waals surface area contributed by atoms with Crippen LogP contribution in [0.15, 0.2) is 66.9 Å². The number of pyridine rings is 2. The molecule has 124 valence electrons. The van der Waals surface area contributed by atoms with E-state index in [4.69, 9.17) is 16.6 Å². The van der Waals surface area contributed by atoms with Crippen LogP contribution in [0.1, 0.15) is 16.1 Å². The van der Waals surface area contributed by atoms with Crippen molar-refractivity contribution in [1.82, 2.24) is 9.97 Å². The fourth-order valence-electron chi connectivity index (χ4n) is 3.33. The number of halogens is 1. The number of hydrogen-bond donors (Lipinski definition) is 1. The first kappa shape index (κ1) is 15.0. The zero-order valence-corrected chi connectivity index (χ0v) is 14.3. The van der Waals surface area contributed by atoms with Gasteiger partial charge >= 0.3 is 0 Å². The molecule has 0 spiro atoms. The topological polar surface area (TPSA) is 54.9 Å². The quantitative estimate of drug-likeness (QED) is 0.508. The van der Waals surface area contributed by atoms with E-state index in [0.717, 1.165) is 27.5 Å². The number of allylic oxidation sites excluding steroid dienone is 1. The predicted molar refractivity (Wildman–Crippen MR) is 104 cm³/mol. The molecule has 2 heterocycles. The Morgan fingerprint density at radius 1 is 1.00 bits per heavy atom. The fourth-order valence-corrected chi connectivity index (χ4v) is 3.50. The van der Waals surface area contributed by atoms with Crippen LogP contribution >= 0.6 is 11.6 Å². The average molecular weight is 358 g/mol. The van der Waals surface area contributed by atoms with E-state index in [9.17, 15) is 4.79 Å². The summed E-state index contributed by atoms with van der Waals surface area (Å²) >= 11 is 6.16. The van der Waals surface area contributed by atoms with Crippen LogP contribution in [-0.2, 0) is 0 Å². The number of carbonyl (C=O) groups excluding carboxylic acids is 1. The van der Waals surface area contributed by atoms with Gasteiger partial charge in [0.2, 0.25) is 0 Å². The maximum Gasteiger partial charge on any atom is 0.188 e. The van der Waals surface area contributed by atoms with E-state index in [-0.39, 0.29) is 5.78 Å². The molecule has 0 saturated heterocycles. The van der Waals surface area contributed by atoms with Crippen LogP contribution < -0.4 is 5.32 Å². The second kappa shape index (κ2) is 5.64. The largest absolute Gasteiger partial charge is 0.354 e. The molecule has 0 aliphatic heterocycles. The van der Waals surface area contributed by atoms with Crippen molar-refractivity contribution >= 4 is 50.6 Å². The summed E-state index contributed by atoms with van der Waals surface area (Å²) in [5, 5.41) is 5.57. The lowest BCUT2D eigenvalue weighted by Crippen LogP contribution is -2.12. The normalized spacial score (nSPS) is 13.1. The van der Waals surface area contributed by atoms with E-state index in [1.807, 2.05) is 48.5 Å². The van der Waals surface area contributed by atoms with Crippen LogP contribution in [0.5, 0.6) is 0 Å². The van der Waals surface area contributed by atoms with Gasteiger partial charge in [-0.05, 0) is 36.4 Å². The first-order valence-electron chi connectivity index (χ1n) is 8.17. The van der Waals surface area contributed by atoms with Crippen molar-refractivity contribution in [3.63, 3.8) is 0 Å². The van der Waals surface area contributed by atoms with Gasteiger partial charge in [0.15, 0.2) is 5.78 Å². The average Bonchev–Trinajstić information content (AvgIpc) is 2.66. The fraction of sp³-hybridized carbons (Fsp3) is 0. The molecular weight excluding hydrogens is 346 g/mol. The van der Waals surface area contributed by atoms with E-state index >= 15 is 0 Å². The lowest BCUT2D eigenvalue weighted by atomic mass is 9.94. The summed E-state index contributed by atoms with van der Waals surface area (Å²) < 4.78 is 0. The molecular formula is C21H12ClN3O. The molecule has 0 unspecified atom stereocenters. The Hall–Kier alpha value is -3.24. The van der Waals surface area contributed by atoms with Crippen LogP contribution in [0.25, 0.3) is 27.5 Å². The summed E-state index contributed by atoms with van der Waals surface area (Å²) in [7, 11) is 0. The van der Waals surface area contributed by atoms with Crippen molar-refractivity contribution in [1.29, 1.82) is 0 Å². The number of para-hydroxylation sites is 1. The highest BCUT2D eigenvalue weighted by molar-refractivity contribution is 6.32. The smallest absolute Gasteiger partial charge is 0.188 e. The van der Waals surface area contributed by atoms with Crippen LogP contribution in [0.3, 0.4) is 0 Å². The van der Waals surface area contributed by atoms with Gasteiger partial charge in [-0.25, -0.2) is 4.98 Å². The number of ketones is 1. The van der Waals surface area contributed by atoms with Crippen LogP contribution in [0, 0.1) is 0 Å². The molecule has 5 rings (SSSR count). The van der Waals surface area contributed by atoms with Crippen LogP contribution in [0.4, 0.5) is 5.69 Å². The number of aromatic nitrogens is 2. The third kappa shape index (κ3) is 2.27. The molecule has 0 bridgehead atoms. The monoisotopic (exact) mass is 357 g/mol.